The van der Waals surface area contributed by atoms with E-state index in [1.165, 1.54) is 0 Å². The van der Waals surface area contributed by atoms with Crippen molar-refractivity contribution in [1.82, 2.24) is 14.8 Å². The standard InChI is InChI=1S/C14H17N3O3/c18-8-7-16-11-3-6-17(12(11)9-13(16)19)14(20)10-1-4-15-5-2-10/h1-2,4-5,11-12,18H,3,6-9H2/t11-,12-/m0/s1. The van der Waals surface area contributed by atoms with E-state index in [4.69, 9.17) is 5.11 Å². The smallest absolute Gasteiger partial charge is 0.254 e. The first kappa shape index (κ1) is 13.1. The molecule has 2 aliphatic rings. The Morgan fingerprint density at radius 1 is 1.35 bits per heavy atom. The summed E-state index contributed by atoms with van der Waals surface area (Å²) >= 11 is 0. The molecule has 3 rings (SSSR count). The van der Waals surface area contributed by atoms with Crippen LogP contribution < -0.4 is 0 Å². The molecule has 1 aromatic heterocycles. The zero-order valence-electron chi connectivity index (χ0n) is 11.1. The lowest BCUT2D eigenvalue weighted by molar-refractivity contribution is -0.129. The van der Waals surface area contributed by atoms with Crippen molar-refractivity contribution in [3.63, 3.8) is 0 Å². The second-order valence-corrected chi connectivity index (χ2v) is 5.17. The van der Waals surface area contributed by atoms with Gasteiger partial charge in [0.15, 0.2) is 0 Å². The van der Waals surface area contributed by atoms with Crippen LogP contribution in [0, 0.1) is 0 Å². The molecule has 20 heavy (non-hydrogen) atoms. The van der Waals surface area contributed by atoms with Gasteiger partial charge in [-0.2, -0.15) is 0 Å². The summed E-state index contributed by atoms with van der Waals surface area (Å²) in [6, 6.07) is 3.38. The van der Waals surface area contributed by atoms with Gasteiger partial charge in [0.2, 0.25) is 5.91 Å². The van der Waals surface area contributed by atoms with Gasteiger partial charge < -0.3 is 14.9 Å². The van der Waals surface area contributed by atoms with Crippen LogP contribution in [0.15, 0.2) is 24.5 Å². The summed E-state index contributed by atoms with van der Waals surface area (Å²) in [5, 5.41) is 9.04. The van der Waals surface area contributed by atoms with Gasteiger partial charge in [-0.25, -0.2) is 0 Å². The number of carbonyl (C=O) groups is 2. The lowest BCUT2D eigenvalue weighted by Crippen LogP contribution is -2.40. The molecule has 2 saturated heterocycles. The Kier molecular flexibility index (Phi) is 3.40. The molecule has 0 unspecified atom stereocenters. The predicted octanol–water partition coefficient (Wildman–Crippen LogP) is -0.111. The van der Waals surface area contributed by atoms with E-state index in [0.717, 1.165) is 6.42 Å². The Morgan fingerprint density at radius 2 is 2.10 bits per heavy atom. The number of aliphatic hydroxyl groups excluding tert-OH is 1. The van der Waals surface area contributed by atoms with Gasteiger partial charge >= 0.3 is 0 Å². The molecule has 2 aliphatic heterocycles. The minimum Gasteiger partial charge on any atom is -0.395 e. The van der Waals surface area contributed by atoms with Crippen molar-refractivity contribution in [2.75, 3.05) is 19.7 Å². The summed E-state index contributed by atoms with van der Waals surface area (Å²) in [6.45, 7) is 0.982. The second-order valence-electron chi connectivity index (χ2n) is 5.17. The maximum Gasteiger partial charge on any atom is 0.254 e. The maximum absolute atomic E-state index is 12.5. The van der Waals surface area contributed by atoms with Crippen molar-refractivity contribution < 1.29 is 14.7 Å². The molecule has 6 heteroatoms. The fraction of sp³-hybridized carbons (Fsp3) is 0.500. The normalized spacial score (nSPS) is 25.1. The number of aliphatic hydroxyl groups is 1. The molecule has 0 saturated carbocycles. The highest BCUT2D eigenvalue weighted by molar-refractivity contribution is 5.95. The van der Waals surface area contributed by atoms with E-state index >= 15 is 0 Å². The van der Waals surface area contributed by atoms with E-state index < -0.39 is 0 Å². The molecule has 3 heterocycles. The van der Waals surface area contributed by atoms with Crippen molar-refractivity contribution in [2.24, 2.45) is 0 Å². The molecule has 6 nitrogen and oxygen atoms in total. The third-order valence-electron chi connectivity index (χ3n) is 4.14. The van der Waals surface area contributed by atoms with Crippen LogP contribution in [0.4, 0.5) is 0 Å². The Balaban J connectivity index is 1.78. The summed E-state index contributed by atoms with van der Waals surface area (Å²) < 4.78 is 0. The van der Waals surface area contributed by atoms with Crippen molar-refractivity contribution in [3.05, 3.63) is 30.1 Å². The number of rotatable bonds is 3. The van der Waals surface area contributed by atoms with Crippen LogP contribution in [0.5, 0.6) is 0 Å². The summed E-state index contributed by atoms with van der Waals surface area (Å²) in [4.78, 5) is 31.8. The van der Waals surface area contributed by atoms with E-state index in [9.17, 15) is 9.59 Å². The van der Waals surface area contributed by atoms with Gasteiger partial charge in [0.25, 0.3) is 5.91 Å². The van der Waals surface area contributed by atoms with Gasteiger partial charge in [0, 0.05) is 37.5 Å². The molecule has 0 spiro atoms. The van der Waals surface area contributed by atoms with E-state index in [0.29, 0.717) is 25.1 Å². The van der Waals surface area contributed by atoms with E-state index in [2.05, 4.69) is 4.98 Å². The zero-order chi connectivity index (χ0) is 14.1. The molecule has 106 valence electrons. The van der Waals surface area contributed by atoms with E-state index in [1.54, 1.807) is 34.3 Å². The minimum absolute atomic E-state index is 0.0290. The molecular formula is C14H17N3O3. The molecule has 0 aliphatic carbocycles. The fourth-order valence-electron chi connectivity index (χ4n) is 3.24. The monoisotopic (exact) mass is 275 g/mol. The molecule has 2 atom stereocenters. The molecule has 0 radical (unpaired) electrons. The Bertz CT molecular complexity index is 520. The average molecular weight is 275 g/mol. The largest absolute Gasteiger partial charge is 0.395 e. The number of amides is 2. The maximum atomic E-state index is 12.5. The lowest BCUT2D eigenvalue weighted by Gasteiger charge is -2.25. The number of likely N-dealkylation sites (tertiary alicyclic amines) is 2. The highest BCUT2D eigenvalue weighted by Gasteiger charge is 2.47. The second kappa shape index (κ2) is 5.20. The Morgan fingerprint density at radius 3 is 2.80 bits per heavy atom. The van der Waals surface area contributed by atoms with Gasteiger partial charge in [0.1, 0.15) is 0 Å². The Hall–Kier alpha value is -1.95. The summed E-state index contributed by atoms with van der Waals surface area (Å²) in [5.41, 5.74) is 0.605. The van der Waals surface area contributed by atoms with Gasteiger partial charge in [-0.05, 0) is 18.6 Å². The van der Waals surface area contributed by atoms with Crippen molar-refractivity contribution in [2.45, 2.75) is 24.9 Å². The topological polar surface area (TPSA) is 73.7 Å². The average Bonchev–Trinajstić information content (AvgIpc) is 3.00. The highest BCUT2D eigenvalue weighted by Crippen LogP contribution is 2.33. The third kappa shape index (κ3) is 2.06. The van der Waals surface area contributed by atoms with Crippen molar-refractivity contribution in [1.29, 1.82) is 0 Å². The summed E-state index contributed by atoms with van der Waals surface area (Å²) in [5.74, 6) is -0.0140. The number of fused-ring (bicyclic) bond motifs is 1. The first-order valence-electron chi connectivity index (χ1n) is 6.83. The van der Waals surface area contributed by atoms with E-state index in [1.807, 2.05) is 0 Å². The number of β-amino-alcohol motifs (C(OH)–C–C–N with tert-alkyl or cyclic N) is 1. The molecule has 1 N–H and O–H groups in total. The SMILES string of the molecule is O=C1C[C@H]2[C@H](CCN2C(=O)c2ccncc2)N1CCO. The number of aromatic nitrogens is 1. The number of pyridine rings is 1. The van der Waals surface area contributed by atoms with E-state index in [-0.39, 0.29) is 30.5 Å². The lowest BCUT2D eigenvalue weighted by atomic mass is 10.1. The van der Waals surface area contributed by atoms with Crippen molar-refractivity contribution >= 4 is 11.8 Å². The minimum atomic E-state index is -0.0604. The van der Waals surface area contributed by atoms with Crippen LogP contribution in [0.3, 0.4) is 0 Å². The van der Waals surface area contributed by atoms with Crippen LogP contribution in [-0.2, 0) is 4.79 Å². The van der Waals surface area contributed by atoms with Gasteiger partial charge in [-0.3, -0.25) is 14.6 Å². The van der Waals surface area contributed by atoms with Crippen LogP contribution >= 0.6 is 0 Å². The molecule has 0 aromatic carbocycles. The highest BCUT2D eigenvalue weighted by atomic mass is 16.3. The van der Waals surface area contributed by atoms with Gasteiger partial charge in [0.05, 0.1) is 18.7 Å². The predicted molar refractivity (Wildman–Crippen MR) is 70.9 cm³/mol. The van der Waals surface area contributed by atoms with Crippen LogP contribution in [0.25, 0.3) is 0 Å². The quantitative estimate of drug-likeness (QED) is 0.835. The number of carbonyl (C=O) groups excluding carboxylic acids is 2. The first-order chi connectivity index (χ1) is 9.72. The van der Waals surface area contributed by atoms with Crippen LogP contribution in [-0.4, -0.2) is 63.5 Å². The Labute approximate surface area is 117 Å². The van der Waals surface area contributed by atoms with Crippen LogP contribution in [0.1, 0.15) is 23.2 Å². The molecule has 2 amide bonds. The first-order valence-corrected chi connectivity index (χ1v) is 6.83. The van der Waals surface area contributed by atoms with Crippen LogP contribution in [0.2, 0.25) is 0 Å². The number of nitrogens with zero attached hydrogens (tertiary/aromatic N) is 3. The molecule has 0 bridgehead atoms. The van der Waals surface area contributed by atoms with Gasteiger partial charge in [-0.15, -0.1) is 0 Å². The molecule has 2 fully saturated rings. The molecular weight excluding hydrogens is 258 g/mol. The summed E-state index contributed by atoms with van der Waals surface area (Å²) in [7, 11) is 0. The fourth-order valence-corrected chi connectivity index (χ4v) is 3.24. The third-order valence-corrected chi connectivity index (χ3v) is 4.14. The number of hydrogen-bond donors (Lipinski definition) is 1. The zero-order valence-corrected chi connectivity index (χ0v) is 11.1. The number of hydrogen-bond acceptors (Lipinski definition) is 4. The van der Waals surface area contributed by atoms with Gasteiger partial charge in [-0.1, -0.05) is 0 Å². The van der Waals surface area contributed by atoms with Crippen molar-refractivity contribution in [3.8, 4) is 0 Å². The molecule has 1 aromatic rings. The summed E-state index contributed by atoms with van der Waals surface area (Å²) in [6.07, 6.45) is 4.34.